The molecule has 2 aromatic rings. The Morgan fingerprint density at radius 2 is 1.72 bits per heavy atom. The molecular weight excluding hydrogens is 389 g/mol. The molecule has 0 aliphatic carbocycles. The van der Waals surface area contributed by atoms with Gasteiger partial charge in [-0.3, -0.25) is 4.79 Å². The molecular formula is C20H21F3N2O4. The summed E-state index contributed by atoms with van der Waals surface area (Å²) in [5.74, 6) is -0.882. The van der Waals surface area contributed by atoms with Crippen LogP contribution < -0.4 is 10.5 Å². The van der Waals surface area contributed by atoms with E-state index in [1.807, 2.05) is 0 Å². The molecule has 0 bridgehead atoms. The molecule has 0 fully saturated rings. The molecule has 0 aliphatic rings. The van der Waals surface area contributed by atoms with Crippen LogP contribution in [0.25, 0.3) is 11.1 Å². The van der Waals surface area contributed by atoms with E-state index in [-0.39, 0.29) is 23.4 Å². The zero-order valence-corrected chi connectivity index (χ0v) is 16.2. The number of ether oxygens (including phenoxy) is 2. The van der Waals surface area contributed by atoms with E-state index in [0.717, 1.165) is 18.1 Å². The summed E-state index contributed by atoms with van der Waals surface area (Å²) in [5.41, 5.74) is 4.97. The number of methoxy groups -OCH3 is 2. The average molecular weight is 410 g/mol. The Kier molecular flexibility index (Phi) is 6.73. The third-order valence-corrected chi connectivity index (χ3v) is 4.42. The maximum Gasteiger partial charge on any atom is 0.416 e. The van der Waals surface area contributed by atoms with E-state index in [9.17, 15) is 22.8 Å². The van der Waals surface area contributed by atoms with E-state index in [4.69, 9.17) is 10.5 Å². The number of hydrogen-bond donors (Lipinski definition) is 1. The highest BCUT2D eigenvalue weighted by molar-refractivity contribution is 5.81. The monoisotopic (exact) mass is 410 g/mol. The lowest BCUT2D eigenvalue weighted by Crippen LogP contribution is -2.32. The first-order chi connectivity index (χ1) is 13.6. The second-order valence-electron chi connectivity index (χ2n) is 6.27. The van der Waals surface area contributed by atoms with E-state index < -0.39 is 30.2 Å². The van der Waals surface area contributed by atoms with Crippen molar-refractivity contribution in [3.8, 4) is 16.9 Å². The Labute approximate surface area is 166 Å². The largest absolute Gasteiger partial charge is 0.496 e. The third kappa shape index (κ3) is 4.98. The molecule has 0 atom stereocenters. The van der Waals surface area contributed by atoms with E-state index in [0.29, 0.717) is 11.1 Å². The first kappa shape index (κ1) is 22.1. The van der Waals surface area contributed by atoms with Gasteiger partial charge in [0, 0.05) is 19.2 Å². The number of nitrogens with zero attached hydrogens (tertiary/aromatic N) is 1. The number of amides is 2. The topological polar surface area (TPSA) is 81.9 Å². The highest BCUT2D eigenvalue weighted by atomic mass is 19.4. The molecule has 0 unspecified atom stereocenters. The quantitative estimate of drug-likeness (QED) is 0.738. The zero-order chi connectivity index (χ0) is 21.8. The van der Waals surface area contributed by atoms with Crippen LogP contribution in [-0.2, 0) is 28.7 Å². The molecule has 9 heteroatoms. The first-order valence-corrected chi connectivity index (χ1v) is 8.52. The second kappa shape index (κ2) is 8.85. The molecule has 0 saturated carbocycles. The van der Waals surface area contributed by atoms with Crippen LogP contribution in [0.4, 0.5) is 18.0 Å². The Morgan fingerprint density at radius 1 is 1.10 bits per heavy atom. The van der Waals surface area contributed by atoms with Crippen LogP contribution in [0.3, 0.4) is 0 Å². The van der Waals surface area contributed by atoms with Crippen LogP contribution in [0.2, 0.25) is 0 Å². The summed E-state index contributed by atoms with van der Waals surface area (Å²) in [6.45, 7) is -0.258. The molecule has 0 heterocycles. The van der Waals surface area contributed by atoms with Gasteiger partial charge in [-0.25, -0.2) is 4.79 Å². The minimum Gasteiger partial charge on any atom is -0.496 e. The summed E-state index contributed by atoms with van der Waals surface area (Å²) in [4.78, 5) is 24.5. The number of urea groups is 1. The summed E-state index contributed by atoms with van der Waals surface area (Å²) in [7, 11) is 3.70. The van der Waals surface area contributed by atoms with Crippen LogP contribution in [0.1, 0.15) is 16.7 Å². The minimum atomic E-state index is -4.76. The predicted molar refractivity (Wildman–Crippen MR) is 100 cm³/mol. The lowest BCUT2D eigenvalue weighted by atomic mass is 9.88. The predicted octanol–water partition coefficient (Wildman–Crippen LogP) is 3.61. The van der Waals surface area contributed by atoms with Crippen molar-refractivity contribution < 1.29 is 32.2 Å². The van der Waals surface area contributed by atoms with Crippen LogP contribution in [0.5, 0.6) is 5.75 Å². The molecule has 0 aromatic heterocycles. The van der Waals surface area contributed by atoms with Gasteiger partial charge in [-0.1, -0.05) is 30.3 Å². The van der Waals surface area contributed by atoms with Gasteiger partial charge in [0.05, 0.1) is 26.2 Å². The highest BCUT2D eigenvalue weighted by Crippen LogP contribution is 2.43. The normalized spacial score (nSPS) is 11.1. The van der Waals surface area contributed by atoms with E-state index in [2.05, 4.69) is 4.74 Å². The van der Waals surface area contributed by atoms with Crippen LogP contribution in [-0.4, -0.2) is 38.2 Å². The molecule has 29 heavy (non-hydrogen) atoms. The lowest BCUT2D eigenvalue weighted by molar-refractivity contribution is -0.141. The molecule has 156 valence electrons. The number of rotatable bonds is 6. The van der Waals surface area contributed by atoms with Crippen LogP contribution in [0.15, 0.2) is 36.4 Å². The van der Waals surface area contributed by atoms with Gasteiger partial charge in [0.1, 0.15) is 5.75 Å². The van der Waals surface area contributed by atoms with Crippen molar-refractivity contribution in [1.29, 1.82) is 0 Å². The summed E-state index contributed by atoms with van der Waals surface area (Å²) < 4.78 is 51.3. The second-order valence-corrected chi connectivity index (χ2v) is 6.27. The maximum atomic E-state index is 13.8. The number of primary amides is 1. The zero-order valence-electron chi connectivity index (χ0n) is 16.2. The molecule has 0 saturated heterocycles. The number of benzene rings is 2. The molecule has 0 radical (unpaired) electrons. The maximum absolute atomic E-state index is 13.8. The number of hydrogen-bond acceptors (Lipinski definition) is 4. The van der Waals surface area contributed by atoms with Gasteiger partial charge >= 0.3 is 18.2 Å². The van der Waals surface area contributed by atoms with E-state index in [1.165, 1.54) is 14.2 Å². The minimum absolute atomic E-state index is 0.0370. The first-order valence-electron chi connectivity index (χ1n) is 8.52. The van der Waals surface area contributed by atoms with Crippen molar-refractivity contribution in [2.75, 3.05) is 21.3 Å². The molecule has 0 spiro atoms. The van der Waals surface area contributed by atoms with Crippen molar-refractivity contribution in [3.63, 3.8) is 0 Å². The van der Waals surface area contributed by atoms with Crippen molar-refractivity contribution >= 4 is 12.0 Å². The van der Waals surface area contributed by atoms with Crippen molar-refractivity contribution in [1.82, 2.24) is 4.90 Å². The van der Waals surface area contributed by atoms with Crippen molar-refractivity contribution in [2.45, 2.75) is 19.1 Å². The average Bonchev–Trinajstić information content (AvgIpc) is 2.68. The molecule has 0 aliphatic heterocycles. The van der Waals surface area contributed by atoms with Gasteiger partial charge in [-0.2, -0.15) is 13.2 Å². The standard InChI is InChI=1S/C20H21F3N2O4/c1-25(19(24)27)11-14-13(9-17(26)29-3)15(20(21,22)23)10-16(28-2)18(14)12-7-5-4-6-8-12/h4-8,10H,9,11H2,1-3H3,(H2,24,27). The molecule has 2 rings (SSSR count). The van der Waals surface area contributed by atoms with E-state index in [1.54, 1.807) is 30.3 Å². The molecule has 6 nitrogen and oxygen atoms in total. The summed E-state index contributed by atoms with van der Waals surface area (Å²) >= 11 is 0. The smallest absolute Gasteiger partial charge is 0.416 e. The van der Waals surface area contributed by atoms with Gasteiger partial charge in [-0.05, 0) is 22.8 Å². The summed E-state index contributed by atoms with van der Waals surface area (Å²) in [6.07, 6.45) is -5.39. The van der Waals surface area contributed by atoms with Crippen molar-refractivity contribution in [3.05, 3.63) is 53.1 Å². The molecule has 2 aromatic carbocycles. The number of halogens is 3. The number of esters is 1. The number of alkyl halides is 3. The SMILES string of the molecule is COC(=O)Cc1c(C(F)(F)F)cc(OC)c(-c2ccccc2)c1CN(C)C(N)=O. The summed E-state index contributed by atoms with van der Waals surface area (Å²) in [6, 6.07) is 8.60. The number of carbonyl (C=O) groups is 2. The lowest BCUT2D eigenvalue weighted by Gasteiger charge is -2.25. The van der Waals surface area contributed by atoms with Gasteiger partial charge in [0.25, 0.3) is 0 Å². The van der Waals surface area contributed by atoms with Gasteiger partial charge < -0.3 is 20.1 Å². The van der Waals surface area contributed by atoms with Gasteiger partial charge in [0.2, 0.25) is 0 Å². The van der Waals surface area contributed by atoms with Gasteiger partial charge in [-0.15, -0.1) is 0 Å². The fraction of sp³-hybridized carbons (Fsp3) is 0.300. The Bertz CT molecular complexity index is 899. The number of nitrogens with two attached hydrogens (primary N) is 1. The van der Waals surface area contributed by atoms with Crippen LogP contribution >= 0.6 is 0 Å². The summed E-state index contributed by atoms with van der Waals surface area (Å²) in [5, 5.41) is 0. The van der Waals surface area contributed by atoms with Crippen LogP contribution in [0, 0.1) is 0 Å². The highest BCUT2D eigenvalue weighted by Gasteiger charge is 2.37. The van der Waals surface area contributed by atoms with Gasteiger partial charge in [0.15, 0.2) is 0 Å². The Morgan fingerprint density at radius 3 is 2.21 bits per heavy atom. The molecule has 2 N–H and O–H groups in total. The molecule has 2 amide bonds. The number of carbonyl (C=O) groups excluding carboxylic acids is 2. The third-order valence-electron chi connectivity index (χ3n) is 4.42. The fourth-order valence-electron chi connectivity index (χ4n) is 3.00. The van der Waals surface area contributed by atoms with E-state index >= 15 is 0 Å². The van der Waals surface area contributed by atoms with Crippen molar-refractivity contribution in [2.24, 2.45) is 5.73 Å². The fourth-order valence-corrected chi connectivity index (χ4v) is 3.00. The Balaban J connectivity index is 2.91. The Hall–Kier alpha value is -3.23.